The number of nitrogens with one attached hydrogen (secondary N) is 2. The summed E-state index contributed by atoms with van der Waals surface area (Å²) in [5.74, 6) is 0. The molecule has 3 rings (SSSR count). The van der Waals surface area contributed by atoms with Crippen molar-refractivity contribution in [3.63, 3.8) is 0 Å². The van der Waals surface area contributed by atoms with Crippen molar-refractivity contribution in [3.05, 3.63) is 34.0 Å². The number of hydrogen-bond donors (Lipinski definition) is 2. The Morgan fingerprint density at radius 2 is 2.42 bits per heavy atom. The number of hydrogen-bond acceptors (Lipinski definition) is 5. The van der Waals surface area contributed by atoms with Gasteiger partial charge in [0.25, 0.3) is 0 Å². The second-order valence-corrected chi connectivity index (χ2v) is 6.96. The van der Waals surface area contributed by atoms with E-state index in [-0.39, 0.29) is 18.2 Å². The van der Waals surface area contributed by atoms with Crippen molar-refractivity contribution in [1.29, 1.82) is 0 Å². The first kappa shape index (κ1) is 16.9. The van der Waals surface area contributed by atoms with E-state index in [0.717, 1.165) is 35.5 Å². The van der Waals surface area contributed by atoms with Gasteiger partial charge in [0.15, 0.2) is 0 Å². The summed E-state index contributed by atoms with van der Waals surface area (Å²) in [7, 11) is 1.87. The van der Waals surface area contributed by atoms with Crippen LogP contribution in [0.15, 0.2) is 17.8 Å². The quantitative estimate of drug-likeness (QED) is 0.781. The summed E-state index contributed by atoms with van der Waals surface area (Å²) in [5.41, 5.74) is 2.06. The van der Waals surface area contributed by atoms with Gasteiger partial charge in [0, 0.05) is 49.5 Å². The molecule has 1 aliphatic heterocycles. The standard InChI is InChI=1S/C16H23N5O2S/c1-11-10-24-14(19-11)4-3-6-17-16(22)20-13-5-7-23-15(13)12-8-18-21(2)9-12/h8-10,13,15H,3-7H2,1-2H3,(H2,17,20,22)/t13-,15+/m0/s1. The van der Waals surface area contributed by atoms with Crippen LogP contribution >= 0.6 is 11.3 Å². The number of aryl methyl sites for hydroxylation is 3. The Balaban J connectivity index is 1.41. The van der Waals surface area contributed by atoms with Crippen LogP contribution in [0.1, 0.15) is 35.2 Å². The van der Waals surface area contributed by atoms with Gasteiger partial charge in [-0.25, -0.2) is 9.78 Å². The Morgan fingerprint density at radius 1 is 1.54 bits per heavy atom. The second-order valence-electron chi connectivity index (χ2n) is 6.02. The smallest absolute Gasteiger partial charge is 0.315 e. The highest BCUT2D eigenvalue weighted by molar-refractivity contribution is 7.09. The first-order chi connectivity index (χ1) is 11.6. The third kappa shape index (κ3) is 4.33. The maximum absolute atomic E-state index is 12.1. The van der Waals surface area contributed by atoms with Gasteiger partial charge in [-0.2, -0.15) is 5.10 Å². The number of ether oxygens (including phenoxy) is 1. The van der Waals surface area contributed by atoms with Gasteiger partial charge in [0.2, 0.25) is 0 Å². The zero-order chi connectivity index (χ0) is 16.9. The van der Waals surface area contributed by atoms with E-state index in [1.165, 1.54) is 0 Å². The average Bonchev–Trinajstić information content (AvgIpc) is 3.25. The fraction of sp³-hybridized carbons (Fsp3) is 0.562. The largest absolute Gasteiger partial charge is 0.371 e. The zero-order valence-corrected chi connectivity index (χ0v) is 14.8. The molecule has 0 unspecified atom stereocenters. The fourth-order valence-corrected chi connectivity index (χ4v) is 3.65. The monoisotopic (exact) mass is 349 g/mol. The van der Waals surface area contributed by atoms with Gasteiger partial charge >= 0.3 is 6.03 Å². The predicted molar refractivity (Wildman–Crippen MR) is 92.0 cm³/mol. The molecule has 7 nitrogen and oxygen atoms in total. The van der Waals surface area contributed by atoms with Crippen molar-refractivity contribution in [2.75, 3.05) is 13.2 Å². The van der Waals surface area contributed by atoms with E-state index in [1.807, 2.05) is 25.5 Å². The van der Waals surface area contributed by atoms with Crippen LogP contribution < -0.4 is 10.6 Å². The number of amides is 2. The van der Waals surface area contributed by atoms with Gasteiger partial charge in [0.05, 0.1) is 17.2 Å². The van der Waals surface area contributed by atoms with Crippen LogP contribution in [0.5, 0.6) is 0 Å². The number of rotatable bonds is 6. The molecule has 130 valence electrons. The van der Waals surface area contributed by atoms with E-state index in [4.69, 9.17) is 4.74 Å². The Kier molecular flexibility index (Phi) is 5.47. The molecule has 2 amide bonds. The summed E-state index contributed by atoms with van der Waals surface area (Å²) < 4.78 is 7.49. The summed E-state index contributed by atoms with van der Waals surface area (Å²) in [4.78, 5) is 16.5. The first-order valence-electron chi connectivity index (χ1n) is 8.17. The normalized spacial score (nSPS) is 20.2. The van der Waals surface area contributed by atoms with Crippen LogP contribution in [-0.4, -0.2) is 40.0 Å². The Hall–Kier alpha value is -1.93. The topological polar surface area (TPSA) is 81.1 Å². The van der Waals surface area contributed by atoms with Crippen molar-refractivity contribution >= 4 is 17.4 Å². The lowest BCUT2D eigenvalue weighted by atomic mass is 10.1. The van der Waals surface area contributed by atoms with E-state index in [2.05, 4.69) is 20.7 Å². The summed E-state index contributed by atoms with van der Waals surface area (Å²) in [6.07, 6.45) is 6.18. The summed E-state index contributed by atoms with van der Waals surface area (Å²) >= 11 is 1.67. The van der Waals surface area contributed by atoms with Gasteiger partial charge in [-0.05, 0) is 19.8 Å². The van der Waals surface area contributed by atoms with Gasteiger partial charge < -0.3 is 15.4 Å². The number of carbonyl (C=O) groups excluding carboxylic acids is 1. The highest BCUT2D eigenvalue weighted by atomic mass is 32.1. The number of aromatic nitrogens is 3. The molecule has 2 aromatic rings. The van der Waals surface area contributed by atoms with Crippen molar-refractivity contribution in [2.24, 2.45) is 7.05 Å². The van der Waals surface area contributed by atoms with Crippen LogP contribution in [0, 0.1) is 6.92 Å². The fourth-order valence-electron chi connectivity index (χ4n) is 2.83. The lowest BCUT2D eigenvalue weighted by Crippen LogP contribution is -2.43. The summed E-state index contributed by atoms with van der Waals surface area (Å²) in [5, 5.41) is 13.3. The Morgan fingerprint density at radius 3 is 3.12 bits per heavy atom. The van der Waals surface area contributed by atoms with Crippen molar-refractivity contribution in [2.45, 2.75) is 38.3 Å². The molecule has 0 aliphatic carbocycles. The number of nitrogens with zero attached hydrogens (tertiary/aromatic N) is 3. The molecule has 0 radical (unpaired) electrons. The summed E-state index contributed by atoms with van der Waals surface area (Å²) in [6.45, 7) is 3.28. The number of urea groups is 1. The molecule has 8 heteroatoms. The van der Waals surface area contributed by atoms with Crippen LogP contribution in [0.4, 0.5) is 4.79 Å². The molecule has 3 heterocycles. The van der Waals surface area contributed by atoms with Crippen LogP contribution in [0.2, 0.25) is 0 Å². The maximum Gasteiger partial charge on any atom is 0.315 e. The van der Waals surface area contributed by atoms with Gasteiger partial charge in [0.1, 0.15) is 6.10 Å². The van der Waals surface area contributed by atoms with Gasteiger partial charge in [-0.1, -0.05) is 0 Å². The third-order valence-corrected chi connectivity index (χ3v) is 5.01. The molecule has 0 bridgehead atoms. The van der Waals surface area contributed by atoms with E-state index in [9.17, 15) is 4.79 Å². The molecule has 2 N–H and O–H groups in total. The van der Waals surface area contributed by atoms with E-state index < -0.39 is 0 Å². The van der Waals surface area contributed by atoms with E-state index >= 15 is 0 Å². The minimum atomic E-state index is -0.144. The van der Waals surface area contributed by atoms with Crippen molar-refractivity contribution < 1.29 is 9.53 Å². The SMILES string of the molecule is Cc1csc(CCCNC(=O)N[C@H]2CCO[C@@H]2c2cnn(C)c2)n1. The summed E-state index contributed by atoms with van der Waals surface area (Å²) in [6, 6.07) is -0.162. The average molecular weight is 349 g/mol. The molecular formula is C16H23N5O2S. The minimum Gasteiger partial charge on any atom is -0.371 e. The predicted octanol–water partition coefficient (Wildman–Crippen LogP) is 1.95. The lowest BCUT2D eigenvalue weighted by molar-refractivity contribution is 0.0999. The zero-order valence-electron chi connectivity index (χ0n) is 14.0. The highest BCUT2D eigenvalue weighted by Gasteiger charge is 2.31. The van der Waals surface area contributed by atoms with Crippen molar-refractivity contribution in [1.82, 2.24) is 25.4 Å². The van der Waals surface area contributed by atoms with Crippen LogP contribution in [-0.2, 0) is 18.2 Å². The number of carbonyl (C=O) groups is 1. The van der Waals surface area contributed by atoms with Crippen LogP contribution in [0.25, 0.3) is 0 Å². The molecule has 1 saturated heterocycles. The highest BCUT2D eigenvalue weighted by Crippen LogP contribution is 2.28. The molecule has 0 aromatic carbocycles. The molecule has 2 atom stereocenters. The Labute approximate surface area is 145 Å². The van der Waals surface area contributed by atoms with E-state index in [0.29, 0.717) is 13.2 Å². The lowest BCUT2D eigenvalue weighted by Gasteiger charge is -2.19. The first-order valence-corrected chi connectivity index (χ1v) is 9.05. The second kappa shape index (κ2) is 7.76. The minimum absolute atomic E-state index is 0.0178. The van der Waals surface area contributed by atoms with Gasteiger partial charge in [-0.15, -0.1) is 11.3 Å². The molecule has 2 aromatic heterocycles. The van der Waals surface area contributed by atoms with Gasteiger partial charge in [-0.3, -0.25) is 4.68 Å². The molecule has 0 saturated carbocycles. The van der Waals surface area contributed by atoms with E-state index in [1.54, 1.807) is 22.2 Å². The van der Waals surface area contributed by atoms with Crippen molar-refractivity contribution in [3.8, 4) is 0 Å². The molecular weight excluding hydrogens is 326 g/mol. The Bertz CT molecular complexity index is 684. The molecule has 24 heavy (non-hydrogen) atoms. The molecule has 1 aliphatic rings. The molecule has 0 spiro atoms. The van der Waals surface area contributed by atoms with Crippen LogP contribution in [0.3, 0.4) is 0 Å². The maximum atomic E-state index is 12.1. The molecule has 1 fully saturated rings. The number of thiazole rings is 1. The third-order valence-electron chi connectivity index (χ3n) is 3.98.